The van der Waals surface area contributed by atoms with Crippen molar-refractivity contribution in [3.8, 4) is 11.5 Å². The zero-order valence-corrected chi connectivity index (χ0v) is 23.6. The van der Waals surface area contributed by atoms with Gasteiger partial charge in [-0.3, -0.25) is 9.10 Å². The molecule has 1 aliphatic carbocycles. The Hall–Kier alpha value is -4.25. The van der Waals surface area contributed by atoms with Crippen LogP contribution in [-0.2, 0) is 21.4 Å². The molecule has 10 nitrogen and oxygen atoms in total. The third-order valence-corrected chi connectivity index (χ3v) is 8.97. The minimum Gasteiger partial charge on any atom is -0.497 e. The van der Waals surface area contributed by atoms with Crippen molar-refractivity contribution in [3.05, 3.63) is 83.4 Å². The van der Waals surface area contributed by atoms with Crippen molar-refractivity contribution in [1.82, 2.24) is 10.0 Å². The zero-order chi connectivity index (χ0) is 28.7. The maximum absolute atomic E-state index is 13.9. The fourth-order valence-electron chi connectivity index (χ4n) is 5.46. The number of benzene rings is 3. The summed E-state index contributed by atoms with van der Waals surface area (Å²) in [4.78, 5) is 28.6. The van der Waals surface area contributed by atoms with Crippen LogP contribution in [0.4, 0.5) is 16.2 Å². The van der Waals surface area contributed by atoms with Crippen LogP contribution in [0.3, 0.4) is 0 Å². The molecule has 1 heterocycles. The highest BCUT2D eigenvalue weighted by Crippen LogP contribution is 2.52. The number of nitrogens with one attached hydrogen (secondary N) is 2. The van der Waals surface area contributed by atoms with Gasteiger partial charge in [0.05, 0.1) is 19.9 Å². The van der Waals surface area contributed by atoms with Crippen molar-refractivity contribution in [3.63, 3.8) is 0 Å². The number of hydrogen-bond donors (Lipinski definition) is 2. The first-order chi connectivity index (χ1) is 19.1. The summed E-state index contributed by atoms with van der Waals surface area (Å²) in [5.41, 5.74) is 2.23. The van der Waals surface area contributed by atoms with Crippen LogP contribution >= 0.6 is 0 Å². The van der Waals surface area contributed by atoms with E-state index in [2.05, 4.69) is 10.0 Å². The van der Waals surface area contributed by atoms with Crippen LogP contribution in [0.5, 0.6) is 11.5 Å². The van der Waals surface area contributed by atoms with Gasteiger partial charge in [-0.1, -0.05) is 30.3 Å². The van der Waals surface area contributed by atoms with Crippen molar-refractivity contribution in [1.29, 1.82) is 0 Å². The van der Waals surface area contributed by atoms with E-state index in [1.165, 1.54) is 9.21 Å². The van der Waals surface area contributed by atoms with Gasteiger partial charge in [0.2, 0.25) is 0 Å². The number of urea groups is 1. The zero-order valence-electron chi connectivity index (χ0n) is 22.8. The molecular formula is C29H32N4O6S. The number of carbonyl (C=O) groups excluding carboxylic acids is 2. The number of methoxy groups -OCH3 is 2. The third kappa shape index (κ3) is 4.92. The second-order valence-electron chi connectivity index (χ2n) is 10.0. The summed E-state index contributed by atoms with van der Waals surface area (Å²) in [6.45, 7) is 1.98. The van der Waals surface area contributed by atoms with Gasteiger partial charge in [-0.25, -0.2) is 9.52 Å². The normalized spacial score (nSPS) is 19.4. The Morgan fingerprint density at radius 1 is 1.00 bits per heavy atom. The van der Waals surface area contributed by atoms with Gasteiger partial charge in [0.15, 0.2) is 0 Å². The molecule has 2 N–H and O–H groups in total. The predicted molar refractivity (Wildman–Crippen MR) is 152 cm³/mol. The fraction of sp³-hybridized carbons (Fsp3) is 0.310. The maximum atomic E-state index is 13.9. The van der Waals surface area contributed by atoms with Crippen molar-refractivity contribution in [2.75, 3.05) is 37.0 Å². The van der Waals surface area contributed by atoms with Crippen LogP contribution in [-0.4, -0.2) is 53.7 Å². The summed E-state index contributed by atoms with van der Waals surface area (Å²) in [6.07, 6.45) is 0.816. The molecule has 1 saturated carbocycles. The predicted octanol–water partition coefficient (Wildman–Crippen LogP) is 3.51. The van der Waals surface area contributed by atoms with Crippen molar-refractivity contribution in [2.24, 2.45) is 0 Å². The first-order valence-corrected chi connectivity index (χ1v) is 14.3. The van der Waals surface area contributed by atoms with E-state index in [1.54, 1.807) is 64.6 Å². The molecular weight excluding hydrogens is 532 g/mol. The quantitative estimate of drug-likeness (QED) is 0.433. The SMILES string of the molecule is COc1ccc(N(C)C(=O)[C@]2(NC(=O)NS(=O)(=O)N3CCc4cc(OC)cc(C)c43)CC2c2ccccc2)cc1. The number of aryl methyl sites for hydroxylation is 1. The molecule has 210 valence electrons. The lowest BCUT2D eigenvalue weighted by Crippen LogP contribution is -2.56. The second kappa shape index (κ2) is 10.4. The molecule has 40 heavy (non-hydrogen) atoms. The molecule has 1 fully saturated rings. The van der Waals surface area contributed by atoms with Gasteiger partial charge >= 0.3 is 16.2 Å². The largest absolute Gasteiger partial charge is 0.497 e. The molecule has 2 atom stereocenters. The smallest absolute Gasteiger partial charge is 0.330 e. The topological polar surface area (TPSA) is 117 Å². The monoisotopic (exact) mass is 564 g/mol. The van der Waals surface area contributed by atoms with E-state index >= 15 is 0 Å². The average molecular weight is 565 g/mol. The Morgan fingerprint density at radius 2 is 1.68 bits per heavy atom. The maximum Gasteiger partial charge on any atom is 0.330 e. The van der Waals surface area contributed by atoms with E-state index in [-0.39, 0.29) is 18.4 Å². The molecule has 5 rings (SSSR count). The number of fused-ring (bicyclic) bond motifs is 1. The second-order valence-corrected chi connectivity index (χ2v) is 11.6. The number of anilines is 2. The average Bonchev–Trinajstić information content (AvgIpc) is 3.49. The molecule has 1 aliphatic heterocycles. The summed E-state index contributed by atoms with van der Waals surface area (Å²) in [5, 5.41) is 2.73. The van der Waals surface area contributed by atoms with Crippen LogP contribution in [0.2, 0.25) is 0 Å². The lowest BCUT2D eigenvalue weighted by molar-refractivity contribution is -0.121. The van der Waals surface area contributed by atoms with E-state index in [0.29, 0.717) is 35.7 Å². The lowest BCUT2D eigenvalue weighted by atomic mass is 10.0. The van der Waals surface area contributed by atoms with Gasteiger partial charge in [-0.2, -0.15) is 8.42 Å². The van der Waals surface area contributed by atoms with Crippen LogP contribution in [0.1, 0.15) is 29.0 Å². The van der Waals surface area contributed by atoms with Crippen LogP contribution < -0.4 is 28.7 Å². The number of hydrogen-bond acceptors (Lipinski definition) is 6. The molecule has 3 aromatic carbocycles. The van der Waals surface area contributed by atoms with Crippen LogP contribution in [0, 0.1) is 6.92 Å². The Labute approximate surface area is 234 Å². The van der Waals surface area contributed by atoms with Gasteiger partial charge in [0.1, 0.15) is 17.0 Å². The minimum absolute atomic E-state index is 0.183. The first kappa shape index (κ1) is 27.3. The molecule has 0 bridgehead atoms. The number of rotatable bonds is 8. The summed E-state index contributed by atoms with van der Waals surface area (Å²) >= 11 is 0. The van der Waals surface area contributed by atoms with Crippen LogP contribution in [0.25, 0.3) is 0 Å². The summed E-state index contributed by atoms with van der Waals surface area (Å²) in [5.74, 6) is 0.613. The molecule has 0 spiro atoms. The standard InChI is InChI=1S/C29H32N4O6S/c1-19-16-24(39-4)17-21-14-15-33(26(19)21)40(36,37)31-28(35)30-29(18-25(29)20-8-6-5-7-9-20)27(34)32(2)22-10-12-23(38-3)13-11-22/h5-13,16-17,25H,14-15,18H2,1-4H3,(H2,30,31,35)/t25?,29-/m0/s1. The minimum atomic E-state index is -4.26. The van der Waals surface area contributed by atoms with E-state index < -0.39 is 21.8 Å². The van der Waals surface area contributed by atoms with E-state index in [0.717, 1.165) is 16.7 Å². The number of nitrogens with zero attached hydrogens (tertiary/aromatic N) is 2. The van der Waals surface area contributed by atoms with Crippen molar-refractivity contribution in [2.45, 2.75) is 31.2 Å². The molecule has 1 unspecified atom stereocenters. The molecule has 2 aliphatic rings. The van der Waals surface area contributed by atoms with Gasteiger partial charge in [-0.15, -0.1) is 0 Å². The number of carbonyl (C=O) groups is 2. The number of likely N-dealkylation sites (N-methyl/N-ethyl adjacent to an activating group) is 1. The van der Waals surface area contributed by atoms with Crippen LogP contribution in [0.15, 0.2) is 66.7 Å². The number of ether oxygens (including phenoxy) is 2. The van der Waals surface area contributed by atoms with Crippen molar-refractivity contribution >= 4 is 33.5 Å². The number of amides is 3. The Balaban J connectivity index is 1.39. The summed E-state index contributed by atoms with van der Waals surface area (Å²) in [6, 6.07) is 18.9. The lowest BCUT2D eigenvalue weighted by Gasteiger charge is -2.27. The summed E-state index contributed by atoms with van der Waals surface area (Å²) in [7, 11) is 0.485. The Bertz CT molecular complexity index is 1540. The molecule has 0 saturated heterocycles. The molecule has 3 amide bonds. The Morgan fingerprint density at radius 3 is 2.33 bits per heavy atom. The molecule has 0 radical (unpaired) electrons. The molecule has 11 heteroatoms. The van der Waals surface area contributed by atoms with E-state index in [9.17, 15) is 18.0 Å². The van der Waals surface area contributed by atoms with E-state index in [4.69, 9.17) is 9.47 Å². The highest BCUT2D eigenvalue weighted by atomic mass is 32.2. The highest BCUT2D eigenvalue weighted by Gasteiger charge is 2.63. The van der Waals surface area contributed by atoms with Crippen molar-refractivity contribution < 1.29 is 27.5 Å². The van der Waals surface area contributed by atoms with E-state index in [1.807, 2.05) is 30.3 Å². The molecule has 0 aromatic heterocycles. The Kier molecular flexibility index (Phi) is 7.09. The van der Waals surface area contributed by atoms with Gasteiger partial charge in [-0.05, 0) is 72.9 Å². The fourth-order valence-corrected chi connectivity index (χ4v) is 6.69. The van der Waals surface area contributed by atoms with Gasteiger partial charge < -0.3 is 19.7 Å². The van der Waals surface area contributed by atoms with Gasteiger partial charge in [0.25, 0.3) is 5.91 Å². The molecule has 3 aromatic rings. The first-order valence-electron chi connectivity index (χ1n) is 12.9. The highest BCUT2D eigenvalue weighted by molar-refractivity contribution is 7.91. The van der Waals surface area contributed by atoms with Gasteiger partial charge in [0, 0.05) is 25.2 Å². The third-order valence-electron chi connectivity index (χ3n) is 7.58. The summed E-state index contributed by atoms with van der Waals surface area (Å²) < 4.78 is 40.6.